The van der Waals surface area contributed by atoms with Crippen molar-refractivity contribution in [3.8, 4) is 0 Å². The van der Waals surface area contributed by atoms with Gasteiger partial charge in [-0.25, -0.2) is 9.97 Å². The molecule has 5 nitrogen and oxygen atoms in total. The summed E-state index contributed by atoms with van der Waals surface area (Å²) in [5.41, 5.74) is -0.149. The largest absolute Gasteiger partial charge is 0.433 e. The van der Waals surface area contributed by atoms with Crippen LogP contribution in [-0.4, -0.2) is 52.2 Å². The molecule has 1 fully saturated rings. The minimum atomic E-state index is -4.48. The number of piperazine rings is 1. The summed E-state index contributed by atoms with van der Waals surface area (Å²) in [4.78, 5) is 12.6. The first-order valence-electron chi connectivity index (χ1n) is 11.6. The molecule has 1 aromatic carbocycles. The van der Waals surface area contributed by atoms with Crippen LogP contribution in [-0.2, 0) is 18.1 Å². The molecule has 2 aromatic heterocycles. The zero-order valence-electron chi connectivity index (χ0n) is 19.6. The Kier molecular flexibility index (Phi) is 6.66. The Labute approximate surface area is 193 Å². The van der Waals surface area contributed by atoms with Crippen LogP contribution >= 0.6 is 0 Å². The van der Waals surface area contributed by atoms with Gasteiger partial charge in [0, 0.05) is 55.9 Å². The highest BCUT2D eigenvalue weighted by Crippen LogP contribution is 2.32. The maximum Gasteiger partial charge on any atom is 0.433 e. The SMILES string of the molecule is CC(C)(C)c1nc(N2CCN(CCCCn3ccc4ccccc43)CC2)cc(C(F)(F)F)n1. The molecule has 0 bridgehead atoms. The van der Waals surface area contributed by atoms with Gasteiger partial charge < -0.3 is 9.47 Å². The van der Waals surface area contributed by atoms with E-state index < -0.39 is 17.3 Å². The molecule has 3 aromatic rings. The number of unbranched alkanes of at least 4 members (excludes halogenated alkanes) is 1. The number of hydrogen-bond acceptors (Lipinski definition) is 4. The van der Waals surface area contributed by atoms with E-state index in [0.717, 1.165) is 45.1 Å². The van der Waals surface area contributed by atoms with E-state index in [-0.39, 0.29) is 5.82 Å². The molecule has 3 heterocycles. The number of hydrogen-bond donors (Lipinski definition) is 0. The number of rotatable bonds is 6. The van der Waals surface area contributed by atoms with E-state index in [2.05, 4.69) is 56.0 Å². The third-order valence-corrected chi connectivity index (χ3v) is 6.17. The van der Waals surface area contributed by atoms with E-state index in [1.165, 1.54) is 10.9 Å². The molecule has 0 unspecified atom stereocenters. The number of aromatic nitrogens is 3. The van der Waals surface area contributed by atoms with Crippen LogP contribution in [0.15, 0.2) is 42.6 Å². The number of halogens is 3. The topological polar surface area (TPSA) is 37.2 Å². The van der Waals surface area contributed by atoms with E-state index in [9.17, 15) is 13.2 Å². The molecule has 0 atom stereocenters. The van der Waals surface area contributed by atoms with Gasteiger partial charge in [0.1, 0.15) is 17.3 Å². The van der Waals surface area contributed by atoms with Gasteiger partial charge in [0.15, 0.2) is 0 Å². The fourth-order valence-electron chi connectivity index (χ4n) is 4.23. The smallest absolute Gasteiger partial charge is 0.354 e. The van der Waals surface area contributed by atoms with Crippen LogP contribution in [0.1, 0.15) is 45.1 Å². The van der Waals surface area contributed by atoms with E-state index in [1.54, 1.807) is 0 Å². The highest BCUT2D eigenvalue weighted by Gasteiger charge is 2.35. The highest BCUT2D eigenvalue weighted by atomic mass is 19.4. The molecule has 0 radical (unpaired) electrons. The van der Waals surface area contributed by atoms with Gasteiger partial charge in [-0.3, -0.25) is 4.90 Å². The average molecular weight is 460 g/mol. The maximum absolute atomic E-state index is 13.4. The Morgan fingerprint density at radius 2 is 1.58 bits per heavy atom. The Morgan fingerprint density at radius 1 is 0.879 bits per heavy atom. The summed E-state index contributed by atoms with van der Waals surface area (Å²) in [5, 5.41) is 1.27. The van der Waals surface area contributed by atoms with Crippen LogP contribution in [0.5, 0.6) is 0 Å². The number of benzene rings is 1. The van der Waals surface area contributed by atoms with Gasteiger partial charge in [0.25, 0.3) is 0 Å². The standard InChI is InChI=1S/C25H32F3N5/c1-24(2,3)23-29-21(25(26,27)28)18-22(30-23)33-16-14-31(15-17-33)11-6-7-12-32-13-10-19-8-4-5-9-20(19)32/h4-5,8-10,13,18H,6-7,11-12,14-17H2,1-3H3. The van der Waals surface area contributed by atoms with Crippen molar-refractivity contribution in [2.75, 3.05) is 37.6 Å². The zero-order chi connectivity index (χ0) is 23.6. The van der Waals surface area contributed by atoms with Gasteiger partial charge in [0.2, 0.25) is 0 Å². The molecular formula is C25H32F3N5. The second-order valence-corrected chi connectivity index (χ2v) is 9.79. The average Bonchev–Trinajstić information content (AvgIpc) is 3.19. The predicted octanol–water partition coefficient (Wildman–Crippen LogP) is 5.35. The van der Waals surface area contributed by atoms with Crippen molar-refractivity contribution in [1.82, 2.24) is 19.4 Å². The van der Waals surface area contributed by atoms with Gasteiger partial charge in [-0.15, -0.1) is 0 Å². The lowest BCUT2D eigenvalue weighted by atomic mass is 9.95. The zero-order valence-corrected chi connectivity index (χ0v) is 19.6. The molecule has 0 spiro atoms. The van der Waals surface area contributed by atoms with E-state index >= 15 is 0 Å². The summed E-state index contributed by atoms with van der Waals surface area (Å²) in [6, 6.07) is 11.6. The van der Waals surface area contributed by atoms with Crippen molar-refractivity contribution in [2.24, 2.45) is 0 Å². The van der Waals surface area contributed by atoms with E-state index in [0.29, 0.717) is 18.9 Å². The highest BCUT2D eigenvalue weighted by molar-refractivity contribution is 5.79. The molecule has 1 saturated heterocycles. The van der Waals surface area contributed by atoms with Crippen LogP contribution in [0.3, 0.4) is 0 Å². The lowest BCUT2D eigenvalue weighted by Gasteiger charge is -2.36. The molecule has 0 N–H and O–H groups in total. The number of alkyl halides is 3. The van der Waals surface area contributed by atoms with Gasteiger partial charge in [-0.2, -0.15) is 13.2 Å². The normalized spacial score (nSPS) is 16.0. The first-order chi connectivity index (χ1) is 15.6. The number of anilines is 1. The molecule has 1 aliphatic heterocycles. The number of para-hydroxylation sites is 1. The Bertz CT molecular complexity index is 1040. The molecule has 1 aliphatic rings. The molecule has 0 aliphatic carbocycles. The van der Waals surface area contributed by atoms with Gasteiger partial charge in [-0.05, 0) is 36.9 Å². The van der Waals surface area contributed by atoms with Crippen molar-refractivity contribution in [3.05, 3.63) is 54.1 Å². The van der Waals surface area contributed by atoms with Gasteiger partial charge in [-0.1, -0.05) is 39.0 Å². The van der Waals surface area contributed by atoms with E-state index in [4.69, 9.17) is 0 Å². The summed E-state index contributed by atoms with van der Waals surface area (Å²) in [6.07, 6.45) is -0.155. The summed E-state index contributed by atoms with van der Waals surface area (Å²) >= 11 is 0. The number of nitrogens with zero attached hydrogens (tertiary/aromatic N) is 5. The first-order valence-corrected chi connectivity index (χ1v) is 11.6. The van der Waals surface area contributed by atoms with Crippen LogP contribution in [0.4, 0.5) is 19.0 Å². The fourth-order valence-corrected chi connectivity index (χ4v) is 4.23. The van der Waals surface area contributed by atoms with E-state index in [1.807, 2.05) is 25.7 Å². The van der Waals surface area contributed by atoms with Crippen molar-refractivity contribution in [3.63, 3.8) is 0 Å². The third-order valence-electron chi connectivity index (χ3n) is 6.17. The minimum Gasteiger partial charge on any atom is -0.354 e. The second-order valence-electron chi connectivity index (χ2n) is 9.79. The summed E-state index contributed by atoms with van der Waals surface area (Å²) in [5.74, 6) is 0.605. The summed E-state index contributed by atoms with van der Waals surface area (Å²) in [6.45, 7) is 10.5. The number of aryl methyl sites for hydroxylation is 1. The Balaban J connectivity index is 1.30. The van der Waals surface area contributed by atoms with Gasteiger partial charge >= 0.3 is 6.18 Å². The second kappa shape index (κ2) is 9.33. The molecule has 0 amide bonds. The van der Waals surface area contributed by atoms with Crippen molar-refractivity contribution >= 4 is 16.7 Å². The van der Waals surface area contributed by atoms with Gasteiger partial charge in [0.05, 0.1) is 0 Å². The van der Waals surface area contributed by atoms with Crippen LogP contribution in [0.2, 0.25) is 0 Å². The molecular weight excluding hydrogens is 427 g/mol. The third kappa shape index (κ3) is 5.66. The fraction of sp³-hybridized carbons (Fsp3) is 0.520. The van der Waals surface area contributed by atoms with Crippen molar-refractivity contribution in [1.29, 1.82) is 0 Å². The monoisotopic (exact) mass is 459 g/mol. The van der Waals surface area contributed by atoms with Crippen LogP contribution in [0.25, 0.3) is 10.9 Å². The first kappa shape index (κ1) is 23.5. The Hall–Kier alpha value is -2.61. The maximum atomic E-state index is 13.4. The quantitative estimate of drug-likeness (QED) is 0.466. The lowest BCUT2D eigenvalue weighted by molar-refractivity contribution is -0.141. The summed E-state index contributed by atoms with van der Waals surface area (Å²) in [7, 11) is 0. The Morgan fingerprint density at radius 3 is 2.27 bits per heavy atom. The summed E-state index contributed by atoms with van der Waals surface area (Å²) < 4.78 is 42.5. The van der Waals surface area contributed by atoms with Crippen LogP contribution in [0, 0.1) is 0 Å². The number of fused-ring (bicyclic) bond motifs is 1. The molecule has 4 rings (SSSR count). The molecule has 8 heteroatoms. The molecule has 33 heavy (non-hydrogen) atoms. The van der Waals surface area contributed by atoms with Crippen molar-refractivity contribution < 1.29 is 13.2 Å². The minimum absolute atomic E-state index is 0.229. The predicted molar refractivity (Wildman–Crippen MR) is 126 cm³/mol. The molecule has 0 saturated carbocycles. The van der Waals surface area contributed by atoms with Crippen molar-refractivity contribution in [2.45, 2.75) is 51.7 Å². The van der Waals surface area contributed by atoms with Crippen LogP contribution < -0.4 is 4.90 Å². The molecule has 178 valence electrons. The lowest BCUT2D eigenvalue weighted by Crippen LogP contribution is -2.47.